The minimum Gasteiger partial charge on any atom is -0.212 e. The number of nitrogens with zero attached hydrogens (tertiary/aromatic N) is 1. The third-order valence-corrected chi connectivity index (χ3v) is 6.34. The third-order valence-electron chi connectivity index (χ3n) is 4.46. The highest BCUT2D eigenvalue weighted by molar-refractivity contribution is 7.89. The highest BCUT2D eigenvalue weighted by atomic mass is 32.2. The molecule has 16 heavy (non-hydrogen) atoms. The first kappa shape index (κ1) is 12.4. The molecule has 2 aliphatic rings. The van der Waals surface area contributed by atoms with Gasteiger partial charge >= 0.3 is 0 Å². The van der Waals surface area contributed by atoms with Crippen molar-refractivity contribution in [3.8, 4) is 0 Å². The lowest BCUT2D eigenvalue weighted by molar-refractivity contribution is 0.102. The normalized spacial score (nSPS) is 27.1. The Hall–Kier alpha value is -0.0900. The van der Waals surface area contributed by atoms with E-state index < -0.39 is 10.0 Å². The molecule has 0 radical (unpaired) electrons. The Balaban J connectivity index is 1.96. The van der Waals surface area contributed by atoms with Crippen molar-refractivity contribution in [2.45, 2.75) is 51.9 Å². The quantitative estimate of drug-likeness (QED) is 0.749. The average Bonchev–Trinajstić information content (AvgIpc) is 2.31. The van der Waals surface area contributed by atoms with E-state index in [0.29, 0.717) is 5.41 Å². The van der Waals surface area contributed by atoms with Crippen LogP contribution in [0.5, 0.6) is 0 Å². The van der Waals surface area contributed by atoms with Crippen molar-refractivity contribution < 1.29 is 8.42 Å². The fourth-order valence-electron chi connectivity index (χ4n) is 3.22. The van der Waals surface area contributed by atoms with Crippen molar-refractivity contribution in [3.05, 3.63) is 0 Å². The molecule has 3 nitrogen and oxygen atoms in total. The maximum atomic E-state index is 11.8. The van der Waals surface area contributed by atoms with Crippen molar-refractivity contribution in [1.82, 2.24) is 4.31 Å². The van der Waals surface area contributed by atoms with Crippen LogP contribution < -0.4 is 0 Å². The van der Waals surface area contributed by atoms with Gasteiger partial charge in [0.05, 0.1) is 5.75 Å². The van der Waals surface area contributed by atoms with Gasteiger partial charge in [0.25, 0.3) is 0 Å². The van der Waals surface area contributed by atoms with Crippen LogP contribution in [-0.2, 0) is 10.0 Å². The number of sulfonamides is 1. The molecule has 1 saturated carbocycles. The van der Waals surface area contributed by atoms with Crippen LogP contribution in [0.1, 0.15) is 51.9 Å². The summed E-state index contributed by atoms with van der Waals surface area (Å²) in [4.78, 5) is 0. The Morgan fingerprint density at radius 3 is 2.06 bits per heavy atom. The SMILES string of the molecule is CCS(=O)(=O)N1CCC2(CCCCC2)CC1. The van der Waals surface area contributed by atoms with E-state index in [1.54, 1.807) is 11.2 Å². The summed E-state index contributed by atoms with van der Waals surface area (Å²) in [7, 11) is -2.94. The second-order valence-corrected chi connectivity index (χ2v) is 7.62. The van der Waals surface area contributed by atoms with Crippen LogP contribution in [-0.4, -0.2) is 31.6 Å². The Bertz CT molecular complexity index is 321. The van der Waals surface area contributed by atoms with Crippen LogP contribution in [0.25, 0.3) is 0 Å². The number of piperidine rings is 1. The van der Waals surface area contributed by atoms with Crippen molar-refractivity contribution in [3.63, 3.8) is 0 Å². The van der Waals surface area contributed by atoms with Gasteiger partial charge in [0.1, 0.15) is 0 Å². The molecule has 2 fully saturated rings. The molecule has 0 bridgehead atoms. The molecule has 0 amide bonds. The largest absolute Gasteiger partial charge is 0.213 e. The highest BCUT2D eigenvalue weighted by Crippen LogP contribution is 2.44. The van der Waals surface area contributed by atoms with E-state index in [9.17, 15) is 8.42 Å². The molecule has 94 valence electrons. The minimum absolute atomic E-state index is 0.250. The molecule has 1 heterocycles. The van der Waals surface area contributed by atoms with Gasteiger partial charge in [-0.15, -0.1) is 0 Å². The fraction of sp³-hybridized carbons (Fsp3) is 1.00. The van der Waals surface area contributed by atoms with Gasteiger partial charge in [0.15, 0.2) is 0 Å². The lowest BCUT2D eigenvalue weighted by Crippen LogP contribution is -2.44. The van der Waals surface area contributed by atoms with Gasteiger partial charge < -0.3 is 0 Å². The van der Waals surface area contributed by atoms with E-state index in [2.05, 4.69) is 0 Å². The molecule has 0 aromatic heterocycles. The van der Waals surface area contributed by atoms with Crippen LogP contribution in [0.15, 0.2) is 0 Å². The summed E-state index contributed by atoms with van der Waals surface area (Å²) in [5, 5.41) is 0. The van der Waals surface area contributed by atoms with Crippen LogP contribution >= 0.6 is 0 Å². The van der Waals surface area contributed by atoms with Crippen molar-refractivity contribution >= 4 is 10.0 Å². The summed E-state index contributed by atoms with van der Waals surface area (Å²) in [6.45, 7) is 3.26. The van der Waals surface area contributed by atoms with Crippen molar-refractivity contribution in [2.75, 3.05) is 18.8 Å². The van der Waals surface area contributed by atoms with Crippen LogP contribution in [0.3, 0.4) is 0 Å². The van der Waals surface area contributed by atoms with Crippen molar-refractivity contribution in [1.29, 1.82) is 0 Å². The molecule has 0 atom stereocenters. The van der Waals surface area contributed by atoms with Crippen molar-refractivity contribution in [2.24, 2.45) is 5.41 Å². The standard InChI is InChI=1S/C12H23NO2S/c1-2-16(14,15)13-10-8-12(9-11-13)6-4-3-5-7-12/h2-11H2,1H3. The fourth-order valence-corrected chi connectivity index (χ4v) is 4.33. The monoisotopic (exact) mass is 245 g/mol. The second kappa shape index (κ2) is 4.65. The van der Waals surface area contributed by atoms with Crippen LogP contribution in [0, 0.1) is 5.41 Å². The van der Waals surface area contributed by atoms with E-state index in [0.717, 1.165) is 25.9 Å². The lowest BCUT2D eigenvalue weighted by atomic mass is 9.68. The molecule has 0 N–H and O–H groups in total. The lowest BCUT2D eigenvalue weighted by Gasteiger charge is -2.43. The zero-order valence-corrected chi connectivity index (χ0v) is 11.1. The molecule has 0 aromatic carbocycles. The molecule has 1 aliphatic heterocycles. The third kappa shape index (κ3) is 2.43. The first-order valence-corrected chi connectivity index (χ1v) is 8.17. The maximum absolute atomic E-state index is 11.8. The Labute approximate surface area is 99.3 Å². The van der Waals surface area contributed by atoms with Gasteiger partial charge in [-0.25, -0.2) is 12.7 Å². The molecular formula is C12H23NO2S. The Morgan fingerprint density at radius 2 is 1.56 bits per heavy atom. The Kier molecular flexibility index (Phi) is 3.59. The second-order valence-electron chi connectivity index (χ2n) is 5.36. The van der Waals surface area contributed by atoms with E-state index in [4.69, 9.17) is 0 Å². The van der Waals surface area contributed by atoms with Gasteiger partial charge in [-0.3, -0.25) is 0 Å². The zero-order chi connectivity index (χ0) is 11.6. The average molecular weight is 245 g/mol. The van der Waals surface area contributed by atoms with Gasteiger partial charge in [0, 0.05) is 13.1 Å². The summed E-state index contributed by atoms with van der Waals surface area (Å²) in [5.74, 6) is 0.250. The number of hydrogen-bond acceptors (Lipinski definition) is 2. The molecular weight excluding hydrogens is 222 g/mol. The topological polar surface area (TPSA) is 37.4 Å². The van der Waals surface area contributed by atoms with Gasteiger partial charge in [-0.05, 0) is 38.0 Å². The molecule has 1 spiro atoms. The Morgan fingerprint density at radius 1 is 1.00 bits per heavy atom. The summed E-state index contributed by atoms with van der Waals surface area (Å²) in [6, 6.07) is 0. The summed E-state index contributed by atoms with van der Waals surface area (Å²) in [5.41, 5.74) is 0.498. The van der Waals surface area contributed by atoms with Gasteiger partial charge in [-0.2, -0.15) is 0 Å². The summed E-state index contributed by atoms with van der Waals surface area (Å²) >= 11 is 0. The van der Waals surface area contributed by atoms with Gasteiger partial charge in [-0.1, -0.05) is 19.3 Å². The first-order valence-electron chi connectivity index (χ1n) is 6.56. The molecule has 4 heteroatoms. The minimum atomic E-state index is -2.94. The van der Waals surface area contributed by atoms with Crippen LogP contribution in [0.4, 0.5) is 0 Å². The maximum Gasteiger partial charge on any atom is 0.213 e. The molecule has 2 rings (SSSR count). The van der Waals surface area contributed by atoms with Gasteiger partial charge in [0.2, 0.25) is 10.0 Å². The molecule has 1 aliphatic carbocycles. The predicted molar refractivity (Wildman–Crippen MR) is 65.8 cm³/mol. The smallest absolute Gasteiger partial charge is 0.212 e. The zero-order valence-electron chi connectivity index (χ0n) is 10.2. The van der Waals surface area contributed by atoms with Crippen LogP contribution in [0.2, 0.25) is 0 Å². The van der Waals surface area contributed by atoms with E-state index in [1.807, 2.05) is 0 Å². The van der Waals surface area contributed by atoms with E-state index in [1.165, 1.54) is 32.1 Å². The van der Waals surface area contributed by atoms with E-state index >= 15 is 0 Å². The molecule has 0 unspecified atom stereocenters. The molecule has 0 aromatic rings. The highest BCUT2D eigenvalue weighted by Gasteiger charge is 2.37. The van der Waals surface area contributed by atoms with E-state index in [-0.39, 0.29) is 5.75 Å². The number of hydrogen-bond donors (Lipinski definition) is 0. The first-order chi connectivity index (χ1) is 7.58. The summed E-state index contributed by atoms with van der Waals surface area (Å²) in [6.07, 6.45) is 8.90. The predicted octanol–water partition coefficient (Wildman–Crippen LogP) is 2.38. The summed E-state index contributed by atoms with van der Waals surface area (Å²) < 4.78 is 25.2. The number of rotatable bonds is 2. The molecule has 1 saturated heterocycles.